The first-order valence-corrected chi connectivity index (χ1v) is 7.01. The van der Waals surface area contributed by atoms with Gasteiger partial charge in [-0.2, -0.15) is 0 Å². The van der Waals surface area contributed by atoms with Crippen LogP contribution in [0.4, 0.5) is 0 Å². The summed E-state index contributed by atoms with van der Waals surface area (Å²) in [5.41, 5.74) is 8.51. The van der Waals surface area contributed by atoms with Crippen LogP contribution in [0.25, 0.3) is 0 Å². The lowest BCUT2D eigenvalue weighted by molar-refractivity contribution is 0.300. The molecule has 2 rings (SSSR count). The van der Waals surface area contributed by atoms with Crippen molar-refractivity contribution in [3.05, 3.63) is 28.3 Å². The van der Waals surface area contributed by atoms with Crippen LogP contribution in [-0.4, -0.2) is 13.7 Å². The molecule has 1 aliphatic rings. The van der Waals surface area contributed by atoms with Gasteiger partial charge >= 0.3 is 0 Å². The van der Waals surface area contributed by atoms with Crippen LogP contribution < -0.4 is 10.5 Å². The number of hydrogen-bond donors (Lipinski definition) is 1. The molecule has 0 saturated heterocycles. The summed E-state index contributed by atoms with van der Waals surface area (Å²) in [5.74, 6) is 0.941. The minimum Gasteiger partial charge on any atom is -0.496 e. The summed E-state index contributed by atoms with van der Waals surface area (Å²) in [7, 11) is 1.72. The Hall–Kier alpha value is -0.730. The topological polar surface area (TPSA) is 35.2 Å². The minimum absolute atomic E-state index is 0.256. The fourth-order valence-corrected chi connectivity index (χ4v) is 3.19. The first-order valence-electron chi connectivity index (χ1n) is 6.63. The molecule has 18 heavy (non-hydrogen) atoms. The molecule has 3 heteroatoms. The van der Waals surface area contributed by atoms with Gasteiger partial charge in [-0.25, -0.2) is 0 Å². The molecule has 1 fully saturated rings. The maximum atomic E-state index is 6.23. The molecule has 0 aliphatic heterocycles. The van der Waals surface area contributed by atoms with E-state index in [1.165, 1.54) is 31.2 Å². The van der Waals surface area contributed by atoms with E-state index in [4.69, 9.17) is 22.1 Å². The number of methoxy groups -OCH3 is 1. The van der Waals surface area contributed by atoms with Gasteiger partial charge in [-0.15, -0.1) is 0 Å². The SMILES string of the molecule is COc1cc(C)c(Cl)cc1CC1(CN)CCCC1. The number of rotatable bonds is 4. The lowest BCUT2D eigenvalue weighted by atomic mass is 9.80. The van der Waals surface area contributed by atoms with E-state index in [1.807, 2.05) is 19.1 Å². The molecule has 100 valence electrons. The van der Waals surface area contributed by atoms with Gasteiger partial charge in [0.1, 0.15) is 5.75 Å². The molecule has 2 N–H and O–H groups in total. The van der Waals surface area contributed by atoms with Crippen LogP contribution in [0.2, 0.25) is 5.02 Å². The van der Waals surface area contributed by atoms with E-state index in [-0.39, 0.29) is 5.41 Å². The summed E-state index contributed by atoms with van der Waals surface area (Å²) < 4.78 is 5.48. The van der Waals surface area contributed by atoms with Crippen molar-refractivity contribution in [2.75, 3.05) is 13.7 Å². The molecule has 1 saturated carbocycles. The van der Waals surface area contributed by atoms with Crippen LogP contribution in [0.15, 0.2) is 12.1 Å². The van der Waals surface area contributed by atoms with Crippen molar-refractivity contribution in [2.24, 2.45) is 11.1 Å². The Balaban J connectivity index is 2.30. The third-order valence-corrected chi connectivity index (χ3v) is 4.63. The molecular formula is C15H22ClNO. The van der Waals surface area contributed by atoms with E-state index in [0.717, 1.165) is 29.3 Å². The van der Waals surface area contributed by atoms with E-state index in [2.05, 4.69) is 0 Å². The summed E-state index contributed by atoms with van der Waals surface area (Å²) in [4.78, 5) is 0. The molecule has 0 bridgehead atoms. The molecule has 1 aromatic rings. The summed E-state index contributed by atoms with van der Waals surface area (Å²) >= 11 is 6.23. The predicted octanol–water partition coefficient (Wildman–Crippen LogP) is 3.72. The van der Waals surface area contributed by atoms with Crippen LogP contribution in [-0.2, 0) is 6.42 Å². The van der Waals surface area contributed by atoms with Crippen LogP contribution in [0, 0.1) is 12.3 Å². The summed E-state index contributed by atoms with van der Waals surface area (Å²) in [6.45, 7) is 2.75. The number of aryl methyl sites for hydroxylation is 1. The normalized spacial score (nSPS) is 18.0. The highest BCUT2D eigenvalue weighted by Crippen LogP contribution is 2.42. The highest BCUT2D eigenvalue weighted by Gasteiger charge is 2.33. The van der Waals surface area contributed by atoms with Crippen molar-refractivity contribution < 1.29 is 4.74 Å². The Bertz CT molecular complexity index is 425. The Morgan fingerprint density at radius 3 is 2.56 bits per heavy atom. The van der Waals surface area contributed by atoms with Gasteiger partial charge in [0.25, 0.3) is 0 Å². The standard InChI is InChI=1S/C15H22ClNO/c1-11-7-14(18-2)12(8-13(11)16)9-15(10-17)5-3-4-6-15/h7-8H,3-6,9-10,17H2,1-2H3. The first-order chi connectivity index (χ1) is 8.60. The zero-order chi connectivity index (χ0) is 13.2. The number of benzene rings is 1. The molecule has 0 unspecified atom stereocenters. The number of hydrogen-bond acceptors (Lipinski definition) is 2. The highest BCUT2D eigenvalue weighted by molar-refractivity contribution is 6.31. The maximum absolute atomic E-state index is 6.23. The molecule has 1 aromatic carbocycles. The predicted molar refractivity (Wildman–Crippen MR) is 76.4 cm³/mol. The van der Waals surface area contributed by atoms with Crippen molar-refractivity contribution in [3.63, 3.8) is 0 Å². The van der Waals surface area contributed by atoms with Gasteiger partial charge in [0.2, 0.25) is 0 Å². The molecule has 1 aliphatic carbocycles. The van der Waals surface area contributed by atoms with E-state index in [1.54, 1.807) is 7.11 Å². The second-order valence-electron chi connectivity index (χ2n) is 5.50. The van der Waals surface area contributed by atoms with Gasteiger partial charge in [-0.05, 0) is 61.4 Å². The van der Waals surface area contributed by atoms with Gasteiger partial charge < -0.3 is 10.5 Å². The fourth-order valence-electron chi connectivity index (χ4n) is 3.01. The second kappa shape index (κ2) is 5.50. The Kier molecular flexibility index (Phi) is 4.18. The number of nitrogens with two attached hydrogens (primary N) is 1. The van der Waals surface area contributed by atoms with Crippen LogP contribution in [0.3, 0.4) is 0 Å². The molecule has 0 atom stereocenters. The van der Waals surface area contributed by atoms with Gasteiger partial charge in [-0.1, -0.05) is 24.4 Å². The lowest BCUT2D eigenvalue weighted by Gasteiger charge is -2.28. The smallest absolute Gasteiger partial charge is 0.122 e. The Morgan fingerprint density at radius 2 is 2.00 bits per heavy atom. The molecule has 2 nitrogen and oxygen atoms in total. The van der Waals surface area contributed by atoms with Crippen molar-refractivity contribution in [1.29, 1.82) is 0 Å². The summed E-state index contributed by atoms with van der Waals surface area (Å²) in [5, 5.41) is 0.816. The van der Waals surface area contributed by atoms with Gasteiger partial charge in [0.05, 0.1) is 7.11 Å². The lowest BCUT2D eigenvalue weighted by Crippen LogP contribution is -2.29. The minimum atomic E-state index is 0.256. The average Bonchev–Trinajstić information content (AvgIpc) is 2.83. The Morgan fingerprint density at radius 1 is 1.33 bits per heavy atom. The quantitative estimate of drug-likeness (QED) is 0.902. The zero-order valence-corrected chi connectivity index (χ0v) is 12.0. The Labute approximate surface area is 114 Å². The van der Waals surface area contributed by atoms with E-state index in [9.17, 15) is 0 Å². The molecule has 0 heterocycles. The van der Waals surface area contributed by atoms with Crippen LogP contribution in [0.1, 0.15) is 36.8 Å². The number of halogens is 1. The number of ether oxygens (including phenoxy) is 1. The first kappa shape index (κ1) is 13.7. The molecule has 0 amide bonds. The van der Waals surface area contributed by atoms with E-state index in [0.29, 0.717) is 0 Å². The molecule has 0 radical (unpaired) electrons. The van der Waals surface area contributed by atoms with Gasteiger partial charge in [0.15, 0.2) is 0 Å². The average molecular weight is 268 g/mol. The summed E-state index contributed by atoms with van der Waals surface area (Å²) in [6.07, 6.45) is 6.00. The fraction of sp³-hybridized carbons (Fsp3) is 0.600. The third-order valence-electron chi connectivity index (χ3n) is 4.22. The van der Waals surface area contributed by atoms with Crippen LogP contribution >= 0.6 is 11.6 Å². The van der Waals surface area contributed by atoms with Crippen molar-refractivity contribution in [3.8, 4) is 5.75 Å². The van der Waals surface area contributed by atoms with Gasteiger partial charge in [0, 0.05) is 5.02 Å². The third kappa shape index (κ3) is 2.65. The van der Waals surface area contributed by atoms with Crippen molar-refractivity contribution in [1.82, 2.24) is 0 Å². The molecular weight excluding hydrogens is 246 g/mol. The summed E-state index contributed by atoms with van der Waals surface area (Å²) in [6, 6.07) is 4.07. The van der Waals surface area contributed by atoms with Gasteiger partial charge in [-0.3, -0.25) is 0 Å². The van der Waals surface area contributed by atoms with Crippen LogP contribution in [0.5, 0.6) is 5.75 Å². The van der Waals surface area contributed by atoms with E-state index < -0.39 is 0 Å². The van der Waals surface area contributed by atoms with E-state index >= 15 is 0 Å². The van der Waals surface area contributed by atoms with Crippen molar-refractivity contribution >= 4 is 11.6 Å². The largest absolute Gasteiger partial charge is 0.496 e. The highest BCUT2D eigenvalue weighted by atomic mass is 35.5. The zero-order valence-electron chi connectivity index (χ0n) is 11.3. The maximum Gasteiger partial charge on any atom is 0.122 e. The monoisotopic (exact) mass is 267 g/mol. The molecule has 0 spiro atoms. The molecule has 0 aromatic heterocycles. The second-order valence-corrected chi connectivity index (χ2v) is 5.91. The van der Waals surface area contributed by atoms with Crippen molar-refractivity contribution in [2.45, 2.75) is 39.0 Å².